The second-order valence-electron chi connectivity index (χ2n) is 4.30. The fourth-order valence-electron chi connectivity index (χ4n) is 1.84. The van der Waals surface area contributed by atoms with Gasteiger partial charge in [0.25, 0.3) is 0 Å². The molecule has 1 N–H and O–H groups in total. The molecule has 2 aromatic carbocycles. The van der Waals surface area contributed by atoms with Gasteiger partial charge >= 0.3 is 0 Å². The van der Waals surface area contributed by atoms with E-state index in [4.69, 9.17) is 26.2 Å². The predicted molar refractivity (Wildman–Crippen MR) is 80.2 cm³/mol. The van der Waals surface area contributed by atoms with E-state index in [1.807, 2.05) is 6.07 Å². The average molecular weight is 307 g/mol. The minimum absolute atomic E-state index is 0.121. The molecular weight excluding hydrogens is 292 g/mol. The minimum Gasteiger partial charge on any atom is -0.497 e. The number of hydrogen-bond acceptors (Lipinski definition) is 4. The molecule has 0 saturated carbocycles. The van der Waals surface area contributed by atoms with E-state index in [1.165, 1.54) is 7.11 Å². The molecule has 0 bridgehead atoms. The molecule has 0 heterocycles. The Bertz CT molecular complexity index is 611. The molecule has 21 heavy (non-hydrogen) atoms. The van der Waals surface area contributed by atoms with E-state index < -0.39 is 5.56 Å². The Labute approximate surface area is 127 Å². The molecule has 0 aliphatic heterocycles. The number of carbonyl (C=O) groups excluding carboxylic acids is 1. The second-order valence-corrected chi connectivity index (χ2v) is 4.81. The molecule has 5 heteroatoms. The molecule has 2 aromatic rings. The summed E-state index contributed by atoms with van der Waals surface area (Å²) in [5.41, 5.74) is -0.200. The average Bonchev–Trinajstić information content (AvgIpc) is 2.52. The maximum atomic E-state index is 12.5. The molecule has 0 amide bonds. The van der Waals surface area contributed by atoms with Crippen molar-refractivity contribution < 1.29 is 19.4 Å². The molecule has 0 aliphatic carbocycles. The summed E-state index contributed by atoms with van der Waals surface area (Å²) < 4.78 is 10.5. The van der Waals surface area contributed by atoms with Gasteiger partial charge in [0.05, 0.1) is 12.7 Å². The number of alkyl halides is 1. The van der Waals surface area contributed by atoms with Gasteiger partial charge < -0.3 is 14.6 Å². The third-order valence-corrected chi connectivity index (χ3v) is 2.97. The lowest BCUT2D eigenvalue weighted by molar-refractivity contribution is 0.103. The molecule has 1 atom stereocenters. The van der Waals surface area contributed by atoms with Crippen molar-refractivity contribution in [1.82, 2.24) is 0 Å². The fourth-order valence-corrected chi connectivity index (χ4v) is 1.90. The maximum Gasteiger partial charge on any atom is 0.196 e. The Balaban J connectivity index is 2.35. The fraction of sp³-hybridized carbons (Fsp3) is 0.188. The Morgan fingerprint density at radius 2 is 1.95 bits per heavy atom. The summed E-state index contributed by atoms with van der Waals surface area (Å²) in [6, 6.07) is 13.8. The third kappa shape index (κ3) is 3.97. The largest absolute Gasteiger partial charge is 0.497 e. The minimum atomic E-state index is -1.14. The normalized spacial score (nSPS) is 11.8. The summed E-state index contributed by atoms with van der Waals surface area (Å²) in [5.74, 6) is 0.707. The zero-order valence-corrected chi connectivity index (χ0v) is 12.2. The number of ether oxygens (including phenoxy) is 2. The summed E-state index contributed by atoms with van der Waals surface area (Å²) in [6.07, 6.45) is 0. The highest BCUT2D eigenvalue weighted by molar-refractivity contribution is 6.19. The van der Waals surface area contributed by atoms with E-state index in [9.17, 15) is 4.79 Å². The van der Waals surface area contributed by atoms with Crippen LogP contribution in [0.25, 0.3) is 0 Å². The van der Waals surface area contributed by atoms with E-state index in [-0.39, 0.29) is 12.4 Å². The molecule has 0 radical (unpaired) electrons. The molecule has 1 unspecified atom stereocenters. The van der Waals surface area contributed by atoms with Crippen molar-refractivity contribution in [3.05, 3.63) is 59.7 Å². The molecule has 2 rings (SSSR count). The number of carbonyl (C=O) groups is 1. The molecular formula is C16H15ClO4. The number of halogens is 1. The van der Waals surface area contributed by atoms with Crippen LogP contribution in [0.5, 0.6) is 11.5 Å². The van der Waals surface area contributed by atoms with Crippen LogP contribution >= 0.6 is 11.6 Å². The van der Waals surface area contributed by atoms with Gasteiger partial charge in [0, 0.05) is 11.6 Å². The highest BCUT2D eigenvalue weighted by Crippen LogP contribution is 2.27. The summed E-state index contributed by atoms with van der Waals surface area (Å²) >= 11 is 5.46. The Hall–Kier alpha value is -2.04. The summed E-state index contributed by atoms with van der Waals surface area (Å²) in [5, 5.41) is 9.11. The van der Waals surface area contributed by atoms with Gasteiger partial charge in [-0.3, -0.25) is 4.79 Å². The molecule has 0 fully saturated rings. The third-order valence-electron chi connectivity index (χ3n) is 2.85. The number of benzene rings is 2. The van der Waals surface area contributed by atoms with E-state index >= 15 is 0 Å². The standard InChI is InChI=1S/C16H15ClO4/c1-20-12-7-8-13(14(9-12)21-10-15(17)18)16(19)11-5-3-2-4-6-11/h2-9,15,18H,10H2,1H3. The van der Waals surface area contributed by atoms with Gasteiger partial charge in [-0.1, -0.05) is 41.9 Å². The van der Waals surface area contributed by atoms with Gasteiger partial charge in [-0.25, -0.2) is 0 Å². The van der Waals surface area contributed by atoms with Crippen molar-refractivity contribution in [1.29, 1.82) is 0 Å². The van der Waals surface area contributed by atoms with Crippen LogP contribution in [0.1, 0.15) is 15.9 Å². The van der Waals surface area contributed by atoms with Crippen molar-refractivity contribution in [3.63, 3.8) is 0 Å². The van der Waals surface area contributed by atoms with Crippen LogP contribution in [0.3, 0.4) is 0 Å². The highest BCUT2D eigenvalue weighted by Gasteiger charge is 2.16. The maximum absolute atomic E-state index is 12.5. The van der Waals surface area contributed by atoms with Crippen molar-refractivity contribution in [2.45, 2.75) is 5.56 Å². The number of aliphatic hydroxyl groups excluding tert-OH is 1. The van der Waals surface area contributed by atoms with Crippen LogP contribution in [-0.2, 0) is 0 Å². The number of hydrogen-bond donors (Lipinski definition) is 1. The highest BCUT2D eigenvalue weighted by atomic mass is 35.5. The smallest absolute Gasteiger partial charge is 0.196 e. The van der Waals surface area contributed by atoms with E-state index in [2.05, 4.69) is 0 Å². The first-order valence-electron chi connectivity index (χ1n) is 6.34. The summed E-state index contributed by atoms with van der Waals surface area (Å²) in [4.78, 5) is 12.5. The lowest BCUT2D eigenvalue weighted by atomic mass is 10.0. The van der Waals surface area contributed by atoms with Crippen LogP contribution in [0.2, 0.25) is 0 Å². The van der Waals surface area contributed by atoms with E-state index in [0.29, 0.717) is 22.6 Å². The van der Waals surface area contributed by atoms with Crippen LogP contribution < -0.4 is 9.47 Å². The van der Waals surface area contributed by atoms with Crippen molar-refractivity contribution in [2.24, 2.45) is 0 Å². The molecule has 110 valence electrons. The van der Waals surface area contributed by atoms with Gasteiger partial charge in [-0.05, 0) is 12.1 Å². The van der Waals surface area contributed by atoms with Crippen LogP contribution in [0.4, 0.5) is 0 Å². The Kier molecular flexibility index (Phi) is 5.20. The monoisotopic (exact) mass is 306 g/mol. The molecule has 0 saturated heterocycles. The van der Waals surface area contributed by atoms with E-state index in [1.54, 1.807) is 42.5 Å². The number of aliphatic hydroxyl groups is 1. The molecule has 0 spiro atoms. The van der Waals surface area contributed by atoms with E-state index in [0.717, 1.165) is 0 Å². The Morgan fingerprint density at radius 3 is 2.57 bits per heavy atom. The lowest BCUT2D eigenvalue weighted by Crippen LogP contribution is -2.13. The van der Waals surface area contributed by atoms with Gasteiger partial charge in [-0.15, -0.1) is 0 Å². The lowest BCUT2D eigenvalue weighted by Gasteiger charge is -2.13. The van der Waals surface area contributed by atoms with Crippen LogP contribution in [-0.4, -0.2) is 30.2 Å². The predicted octanol–water partition coefficient (Wildman–Crippen LogP) is 2.86. The number of ketones is 1. The van der Waals surface area contributed by atoms with Gasteiger partial charge in [0.1, 0.15) is 18.1 Å². The molecule has 0 aliphatic rings. The van der Waals surface area contributed by atoms with Crippen molar-refractivity contribution >= 4 is 17.4 Å². The Morgan fingerprint density at radius 1 is 1.24 bits per heavy atom. The topological polar surface area (TPSA) is 55.8 Å². The van der Waals surface area contributed by atoms with Crippen LogP contribution in [0.15, 0.2) is 48.5 Å². The van der Waals surface area contributed by atoms with Gasteiger partial charge in [0.2, 0.25) is 0 Å². The van der Waals surface area contributed by atoms with Crippen molar-refractivity contribution in [3.8, 4) is 11.5 Å². The first kappa shape index (κ1) is 15.4. The van der Waals surface area contributed by atoms with Crippen LogP contribution in [0, 0.1) is 0 Å². The molecule has 0 aromatic heterocycles. The molecule has 4 nitrogen and oxygen atoms in total. The zero-order valence-electron chi connectivity index (χ0n) is 11.5. The van der Waals surface area contributed by atoms with Crippen molar-refractivity contribution in [2.75, 3.05) is 13.7 Å². The number of methoxy groups -OCH3 is 1. The quantitative estimate of drug-likeness (QED) is 0.658. The second kappa shape index (κ2) is 7.11. The summed E-state index contributed by atoms with van der Waals surface area (Å²) in [6.45, 7) is -0.121. The number of rotatable bonds is 6. The zero-order chi connectivity index (χ0) is 15.2. The van der Waals surface area contributed by atoms with Gasteiger partial charge in [-0.2, -0.15) is 0 Å². The first-order chi connectivity index (χ1) is 10.1. The first-order valence-corrected chi connectivity index (χ1v) is 6.78. The SMILES string of the molecule is COc1ccc(C(=O)c2ccccc2)c(OCC(O)Cl)c1. The van der Waals surface area contributed by atoms with Gasteiger partial charge in [0.15, 0.2) is 11.3 Å². The summed E-state index contributed by atoms with van der Waals surface area (Å²) in [7, 11) is 1.52.